The molecule has 0 amide bonds. The van der Waals surface area contributed by atoms with E-state index in [1.54, 1.807) is 11.1 Å². The van der Waals surface area contributed by atoms with Crippen molar-refractivity contribution >= 4 is 0 Å². The zero-order valence-corrected chi connectivity index (χ0v) is 24.3. The summed E-state index contributed by atoms with van der Waals surface area (Å²) in [6, 6.07) is 32.5. The molecule has 2 unspecified atom stereocenters. The van der Waals surface area contributed by atoms with Gasteiger partial charge in [-0.3, -0.25) is 0 Å². The van der Waals surface area contributed by atoms with Crippen LogP contribution >= 0.6 is 0 Å². The molecule has 2 aliphatic rings. The van der Waals surface area contributed by atoms with E-state index in [2.05, 4.69) is 98.8 Å². The van der Waals surface area contributed by atoms with E-state index in [1.807, 2.05) is 0 Å². The third kappa shape index (κ3) is 4.73. The molecule has 3 heteroatoms. The number of hydrogen-bond donors (Lipinski definition) is 0. The van der Waals surface area contributed by atoms with E-state index < -0.39 is 0 Å². The second-order valence-corrected chi connectivity index (χ2v) is 9.41. The smallest absolute Gasteiger partial charge is 1.00 e. The maximum Gasteiger partial charge on any atom is 2.00 e. The molecule has 0 bridgehead atoms. The van der Waals surface area contributed by atoms with Gasteiger partial charge in [0.2, 0.25) is 0 Å². The Morgan fingerprint density at radius 2 is 0.857 bits per heavy atom. The molecule has 2 atom stereocenters. The van der Waals surface area contributed by atoms with Crippen molar-refractivity contribution < 1.29 is 51.0 Å². The standard InChI is InChI=1S/C32H30.2ClH.Zr/c1-3-21-13-15-27-23-9-5-7-11-25(23)29(31(27)19-21)17-18-30-26-12-8-6-10-24(26)28-16-14-22(4-2)20-32(28)30;;;/h5-16,19-20,29-30H,3-4,17-18H2,1-2H3;2*1H;/q;;;+2/p-2. The Bertz CT molecular complexity index is 1220. The summed E-state index contributed by atoms with van der Waals surface area (Å²) in [5.41, 5.74) is 14.8. The number of halogens is 2. The summed E-state index contributed by atoms with van der Waals surface area (Å²) in [6.45, 7) is 4.52. The second kappa shape index (κ2) is 11.6. The van der Waals surface area contributed by atoms with Gasteiger partial charge in [-0.05, 0) is 81.3 Å². The molecule has 0 saturated heterocycles. The monoisotopic (exact) mass is 574 g/mol. The minimum absolute atomic E-state index is 0. The van der Waals surface area contributed by atoms with E-state index in [0.717, 1.165) is 12.8 Å². The van der Waals surface area contributed by atoms with Crippen LogP contribution in [-0.4, -0.2) is 0 Å². The van der Waals surface area contributed by atoms with Crippen LogP contribution in [-0.2, 0) is 39.0 Å². The largest absolute Gasteiger partial charge is 2.00 e. The van der Waals surface area contributed by atoms with E-state index in [-0.39, 0.29) is 51.0 Å². The topological polar surface area (TPSA) is 0 Å². The molecule has 2 aliphatic carbocycles. The van der Waals surface area contributed by atoms with Crippen LogP contribution in [0, 0.1) is 0 Å². The van der Waals surface area contributed by atoms with E-state index >= 15 is 0 Å². The van der Waals surface area contributed by atoms with E-state index in [4.69, 9.17) is 0 Å². The molecule has 4 aromatic rings. The van der Waals surface area contributed by atoms with Gasteiger partial charge >= 0.3 is 26.2 Å². The molecule has 0 heterocycles. The van der Waals surface area contributed by atoms with Crippen molar-refractivity contribution in [3.05, 3.63) is 118 Å². The molecule has 0 fully saturated rings. The minimum Gasteiger partial charge on any atom is -1.00 e. The van der Waals surface area contributed by atoms with Crippen molar-refractivity contribution in [3.8, 4) is 22.3 Å². The predicted octanol–water partition coefficient (Wildman–Crippen LogP) is 2.52. The number of rotatable bonds is 5. The SMILES string of the molecule is CCc1ccc2c(c1)C(CCC1c3ccccc3-c3ccc(CC)cc31)c1ccccc1-2.[Cl-].[Cl-].[Zr+2]. The fraction of sp³-hybridized carbons (Fsp3) is 0.250. The molecule has 0 spiro atoms. The van der Waals surface area contributed by atoms with Crippen LogP contribution in [0.15, 0.2) is 84.9 Å². The molecule has 0 aliphatic heterocycles. The van der Waals surface area contributed by atoms with Gasteiger partial charge in [0.1, 0.15) is 0 Å². The Labute approximate surface area is 241 Å². The van der Waals surface area contributed by atoms with Gasteiger partial charge in [0.05, 0.1) is 0 Å². The first-order chi connectivity index (χ1) is 15.8. The summed E-state index contributed by atoms with van der Waals surface area (Å²) in [6.07, 6.45) is 4.57. The Hall–Kier alpha value is -1.66. The molecule has 4 aromatic carbocycles. The molecule has 0 radical (unpaired) electrons. The molecular formula is C32H30Cl2Zr. The maximum atomic E-state index is 2.48. The molecule has 0 aromatic heterocycles. The van der Waals surface area contributed by atoms with Crippen LogP contribution < -0.4 is 24.8 Å². The third-order valence-corrected chi connectivity index (χ3v) is 7.80. The number of aryl methyl sites for hydroxylation is 2. The zero-order chi connectivity index (χ0) is 21.7. The van der Waals surface area contributed by atoms with Crippen LogP contribution in [0.5, 0.6) is 0 Å². The maximum absolute atomic E-state index is 2.48. The van der Waals surface area contributed by atoms with Gasteiger partial charge in [0, 0.05) is 11.8 Å². The van der Waals surface area contributed by atoms with Crippen molar-refractivity contribution in [3.63, 3.8) is 0 Å². The fourth-order valence-electron chi connectivity index (χ4n) is 6.11. The Morgan fingerprint density at radius 1 is 0.486 bits per heavy atom. The van der Waals surface area contributed by atoms with Crippen molar-refractivity contribution in [2.24, 2.45) is 0 Å². The van der Waals surface area contributed by atoms with Crippen LogP contribution in [0.3, 0.4) is 0 Å². The number of hydrogen-bond acceptors (Lipinski definition) is 0. The van der Waals surface area contributed by atoms with Gasteiger partial charge in [0.25, 0.3) is 0 Å². The van der Waals surface area contributed by atoms with Gasteiger partial charge in [-0.25, -0.2) is 0 Å². The van der Waals surface area contributed by atoms with Crippen LogP contribution in [0.1, 0.15) is 71.9 Å². The van der Waals surface area contributed by atoms with E-state index in [9.17, 15) is 0 Å². The Kier molecular flexibility index (Phi) is 9.25. The van der Waals surface area contributed by atoms with Gasteiger partial charge in [-0.2, -0.15) is 0 Å². The summed E-state index contributed by atoms with van der Waals surface area (Å²) in [5, 5.41) is 0. The van der Waals surface area contributed by atoms with E-state index in [0.29, 0.717) is 11.8 Å². The van der Waals surface area contributed by atoms with Crippen LogP contribution in [0.25, 0.3) is 22.3 Å². The first-order valence-electron chi connectivity index (χ1n) is 12.2. The molecule has 0 saturated carbocycles. The summed E-state index contributed by atoms with van der Waals surface area (Å²) in [4.78, 5) is 0. The fourth-order valence-corrected chi connectivity index (χ4v) is 6.11. The van der Waals surface area contributed by atoms with Crippen molar-refractivity contribution in [1.29, 1.82) is 0 Å². The van der Waals surface area contributed by atoms with Crippen molar-refractivity contribution in [1.82, 2.24) is 0 Å². The second-order valence-electron chi connectivity index (χ2n) is 9.41. The summed E-state index contributed by atoms with van der Waals surface area (Å²) in [7, 11) is 0. The molecule has 6 rings (SSSR count). The summed E-state index contributed by atoms with van der Waals surface area (Å²) in [5.74, 6) is 0.997. The number of fused-ring (bicyclic) bond motifs is 6. The van der Waals surface area contributed by atoms with Gasteiger partial charge < -0.3 is 24.8 Å². The van der Waals surface area contributed by atoms with Crippen LogP contribution in [0.4, 0.5) is 0 Å². The first-order valence-corrected chi connectivity index (χ1v) is 12.2. The van der Waals surface area contributed by atoms with Crippen molar-refractivity contribution in [2.45, 2.75) is 51.4 Å². The molecular weight excluding hydrogens is 546 g/mol. The molecule has 176 valence electrons. The summed E-state index contributed by atoms with van der Waals surface area (Å²) >= 11 is 0. The third-order valence-electron chi connectivity index (χ3n) is 7.80. The average molecular weight is 577 g/mol. The molecule has 0 N–H and O–H groups in total. The van der Waals surface area contributed by atoms with Crippen LogP contribution in [0.2, 0.25) is 0 Å². The summed E-state index contributed by atoms with van der Waals surface area (Å²) < 4.78 is 0. The normalized spacial score (nSPS) is 16.1. The molecule has 35 heavy (non-hydrogen) atoms. The quantitative estimate of drug-likeness (QED) is 0.343. The zero-order valence-electron chi connectivity index (χ0n) is 20.3. The Balaban J connectivity index is 0.00000114. The average Bonchev–Trinajstić information content (AvgIpc) is 3.34. The van der Waals surface area contributed by atoms with Gasteiger partial charge in [-0.1, -0.05) is 98.8 Å². The predicted molar refractivity (Wildman–Crippen MR) is 135 cm³/mol. The van der Waals surface area contributed by atoms with Gasteiger partial charge in [-0.15, -0.1) is 0 Å². The number of benzene rings is 4. The molecule has 0 nitrogen and oxygen atoms in total. The Morgan fingerprint density at radius 3 is 1.26 bits per heavy atom. The van der Waals surface area contributed by atoms with Gasteiger partial charge in [0.15, 0.2) is 0 Å². The van der Waals surface area contributed by atoms with Crippen molar-refractivity contribution in [2.75, 3.05) is 0 Å². The minimum atomic E-state index is 0. The van der Waals surface area contributed by atoms with E-state index in [1.165, 1.54) is 57.3 Å². The first kappa shape index (κ1) is 27.9.